The minimum atomic E-state index is -0.210. The van der Waals surface area contributed by atoms with Gasteiger partial charge in [0.1, 0.15) is 18.9 Å². The van der Waals surface area contributed by atoms with Crippen LogP contribution in [0.25, 0.3) is 0 Å². The number of carbonyl (C=O) groups is 2. The van der Waals surface area contributed by atoms with Gasteiger partial charge in [-0.25, -0.2) is 0 Å². The SMILES string of the molecule is CCC(C)CN(CC(=O)N1CCc2sccc2C1COc1ccc(C(C)C)cc1)C(=O)c1ccc2c(c1)OCO2. The number of rotatable bonds is 10. The fourth-order valence-corrected chi connectivity index (χ4v) is 6.12. The molecule has 0 saturated carbocycles. The summed E-state index contributed by atoms with van der Waals surface area (Å²) < 4.78 is 17.1. The van der Waals surface area contributed by atoms with Crippen molar-refractivity contribution in [2.45, 2.75) is 52.5 Å². The Morgan fingerprint density at radius 3 is 2.60 bits per heavy atom. The highest BCUT2D eigenvalue weighted by Gasteiger charge is 2.34. The van der Waals surface area contributed by atoms with Crippen LogP contribution in [0.4, 0.5) is 0 Å². The Balaban J connectivity index is 1.34. The van der Waals surface area contributed by atoms with Crippen LogP contribution in [-0.2, 0) is 11.2 Å². The van der Waals surface area contributed by atoms with Gasteiger partial charge in [0.2, 0.25) is 12.7 Å². The minimum Gasteiger partial charge on any atom is -0.491 e. The summed E-state index contributed by atoms with van der Waals surface area (Å²) in [5.74, 6) is 2.42. The van der Waals surface area contributed by atoms with E-state index >= 15 is 0 Å². The maximum atomic E-state index is 13.9. The van der Waals surface area contributed by atoms with Gasteiger partial charge in [-0.3, -0.25) is 9.59 Å². The first-order chi connectivity index (χ1) is 19.3. The summed E-state index contributed by atoms with van der Waals surface area (Å²) in [5.41, 5.74) is 2.89. The molecule has 2 aliphatic rings. The first-order valence-corrected chi connectivity index (χ1v) is 15.0. The van der Waals surface area contributed by atoms with Crippen LogP contribution in [0, 0.1) is 5.92 Å². The van der Waals surface area contributed by atoms with E-state index in [0.717, 1.165) is 24.2 Å². The van der Waals surface area contributed by atoms with Crippen molar-refractivity contribution in [3.63, 3.8) is 0 Å². The number of benzene rings is 2. The lowest BCUT2D eigenvalue weighted by molar-refractivity contribution is -0.135. The van der Waals surface area contributed by atoms with Crippen molar-refractivity contribution in [3.05, 3.63) is 75.5 Å². The zero-order valence-corrected chi connectivity index (χ0v) is 24.5. The molecular weight excluding hydrogens is 524 g/mol. The third kappa shape index (κ3) is 6.12. The Morgan fingerprint density at radius 2 is 1.85 bits per heavy atom. The van der Waals surface area contributed by atoms with Gasteiger partial charge in [-0.05, 0) is 71.2 Å². The normalized spacial score (nSPS) is 16.5. The molecule has 0 fully saturated rings. The van der Waals surface area contributed by atoms with Gasteiger partial charge >= 0.3 is 0 Å². The van der Waals surface area contributed by atoms with Crippen molar-refractivity contribution in [1.29, 1.82) is 0 Å². The molecule has 212 valence electrons. The standard InChI is InChI=1S/C32H38N2O5S/c1-5-22(4)17-33(32(36)24-8-11-28-29(16-24)39-20-38-28)18-31(35)34-14-12-30-26(13-15-40-30)27(34)19-37-25-9-6-23(7-10-25)21(2)3/h6-11,13,15-16,21-22,27H,5,12,14,17-20H2,1-4H3. The molecule has 2 amide bonds. The molecule has 1 aromatic heterocycles. The molecule has 40 heavy (non-hydrogen) atoms. The van der Waals surface area contributed by atoms with Crippen molar-refractivity contribution in [2.75, 3.05) is 33.0 Å². The maximum absolute atomic E-state index is 13.9. The molecule has 0 saturated heterocycles. The van der Waals surface area contributed by atoms with Gasteiger partial charge in [-0.1, -0.05) is 46.2 Å². The van der Waals surface area contributed by atoms with Crippen LogP contribution in [-0.4, -0.2) is 54.6 Å². The Bertz CT molecular complexity index is 1340. The Hall–Kier alpha value is -3.52. The number of hydrogen-bond acceptors (Lipinski definition) is 6. The number of fused-ring (bicyclic) bond motifs is 2. The molecule has 0 spiro atoms. The van der Waals surface area contributed by atoms with Gasteiger partial charge in [-0.2, -0.15) is 0 Å². The van der Waals surface area contributed by atoms with Gasteiger partial charge in [0.15, 0.2) is 11.5 Å². The van der Waals surface area contributed by atoms with E-state index in [9.17, 15) is 9.59 Å². The summed E-state index contributed by atoms with van der Waals surface area (Å²) in [6, 6.07) is 15.3. The fourth-order valence-electron chi connectivity index (χ4n) is 5.19. The van der Waals surface area contributed by atoms with Crippen LogP contribution < -0.4 is 14.2 Å². The highest BCUT2D eigenvalue weighted by Crippen LogP contribution is 2.35. The molecule has 3 heterocycles. The monoisotopic (exact) mass is 562 g/mol. The summed E-state index contributed by atoms with van der Waals surface area (Å²) in [7, 11) is 0. The number of amides is 2. The van der Waals surface area contributed by atoms with E-state index < -0.39 is 0 Å². The number of nitrogens with zero attached hydrogens (tertiary/aromatic N) is 2. The lowest BCUT2D eigenvalue weighted by Gasteiger charge is -2.37. The van der Waals surface area contributed by atoms with Gasteiger partial charge in [0.25, 0.3) is 5.91 Å². The van der Waals surface area contributed by atoms with Crippen LogP contribution >= 0.6 is 11.3 Å². The van der Waals surface area contributed by atoms with Gasteiger partial charge in [0, 0.05) is 23.5 Å². The van der Waals surface area contributed by atoms with E-state index in [1.807, 2.05) is 17.0 Å². The second-order valence-corrected chi connectivity index (χ2v) is 12.0. The molecule has 0 N–H and O–H groups in total. The summed E-state index contributed by atoms with van der Waals surface area (Å²) in [6.45, 7) is 10.1. The van der Waals surface area contributed by atoms with Crippen LogP contribution in [0.15, 0.2) is 53.9 Å². The topological polar surface area (TPSA) is 68.3 Å². The van der Waals surface area contributed by atoms with E-state index in [-0.39, 0.29) is 37.1 Å². The van der Waals surface area contributed by atoms with E-state index in [2.05, 4.69) is 51.3 Å². The fraction of sp³-hybridized carbons (Fsp3) is 0.438. The second kappa shape index (κ2) is 12.3. The van der Waals surface area contributed by atoms with Gasteiger partial charge in [0.05, 0.1) is 6.04 Å². The van der Waals surface area contributed by atoms with Crippen molar-refractivity contribution >= 4 is 23.2 Å². The van der Waals surface area contributed by atoms with Crippen LogP contribution in [0.2, 0.25) is 0 Å². The highest BCUT2D eigenvalue weighted by molar-refractivity contribution is 7.10. The summed E-state index contributed by atoms with van der Waals surface area (Å²) >= 11 is 1.73. The first-order valence-electron chi connectivity index (χ1n) is 14.1. The van der Waals surface area contributed by atoms with E-state index in [4.69, 9.17) is 14.2 Å². The Morgan fingerprint density at radius 1 is 1.07 bits per heavy atom. The van der Waals surface area contributed by atoms with Gasteiger partial charge in [-0.15, -0.1) is 11.3 Å². The summed E-state index contributed by atoms with van der Waals surface area (Å²) in [4.78, 5) is 32.5. The molecular formula is C32H38N2O5S. The average molecular weight is 563 g/mol. The Kier molecular flexibility index (Phi) is 8.64. The molecule has 8 heteroatoms. The predicted octanol–water partition coefficient (Wildman–Crippen LogP) is 6.29. The smallest absolute Gasteiger partial charge is 0.254 e. The molecule has 3 aromatic rings. The molecule has 0 radical (unpaired) electrons. The summed E-state index contributed by atoms with van der Waals surface area (Å²) in [6.07, 6.45) is 1.72. The number of carbonyl (C=O) groups excluding carboxylic acids is 2. The maximum Gasteiger partial charge on any atom is 0.254 e. The quantitative estimate of drug-likeness (QED) is 0.290. The molecule has 7 nitrogen and oxygen atoms in total. The zero-order valence-electron chi connectivity index (χ0n) is 23.7. The molecule has 2 atom stereocenters. The molecule has 2 unspecified atom stereocenters. The van der Waals surface area contributed by atoms with Crippen molar-refractivity contribution in [1.82, 2.24) is 9.80 Å². The molecule has 5 rings (SSSR count). The van der Waals surface area contributed by atoms with Crippen molar-refractivity contribution in [3.8, 4) is 17.2 Å². The number of hydrogen-bond donors (Lipinski definition) is 0. The van der Waals surface area contributed by atoms with Crippen LogP contribution in [0.1, 0.15) is 72.4 Å². The number of ether oxygens (including phenoxy) is 3. The van der Waals surface area contributed by atoms with Crippen LogP contribution in [0.5, 0.6) is 17.2 Å². The zero-order chi connectivity index (χ0) is 28.2. The lowest BCUT2D eigenvalue weighted by atomic mass is 10.00. The third-order valence-corrected chi connectivity index (χ3v) is 8.83. The highest BCUT2D eigenvalue weighted by atomic mass is 32.1. The van der Waals surface area contributed by atoms with Crippen molar-refractivity contribution < 1.29 is 23.8 Å². The van der Waals surface area contributed by atoms with E-state index in [1.165, 1.54) is 10.4 Å². The average Bonchev–Trinajstić information content (AvgIpc) is 3.64. The molecule has 0 bridgehead atoms. The molecule has 2 aliphatic heterocycles. The first kappa shape index (κ1) is 28.0. The third-order valence-electron chi connectivity index (χ3n) is 7.83. The van der Waals surface area contributed by atoms with Crippen LogP contribution in [0.3, 0.4) is 0 Å². The largest absolute Gasteiger partial charge is 0.491 e. The minimum absolute atomic E-state index is 0.0106. The predicted molar refractivity (Wildman–Crippen MR) is 156 cm³/mol. The second-order valence-electron chi connectivity index (χ2n) is 11.0. The molecule has 2 aromatic carbocycles. The number of thiophene rings is 1. The lowest BCUT2D eigenvalue weighted by Crippen LogP contribution is -2.48. The summed E-state index contributed by atoms with van der Waals surface area (Å²) in [5, 5.41) is 2.08. The molecule has 0 aliphatic carbocycles. The Labute approximate surface area is 240 Å². The van der Waals surface area contributed by atoms with Crippen molar-refractivity contribution in [2.24, 2.45) is 5.92 Å². The van der Waals surface area contributed by atoms with Gasteiger partial charge < -0.3 is 24.0 Å². The van der Waals surface area contributed by atoms with E-state index in [1.54, 1.807) is 34.4 Å². The van der Waals surface area contributed by atoms with E-state index in [0.29, 0.717) is 42.7 Å².